The summed E-state index contributed by atoms with van der Waals surface area (Å²) in [6.45, 7) is -0.226. The van der Waals surface area contributed by atoms with Gasteiger partial charge >= 0.3 is 0 Å². The van der Waals surface area contributed by atoms with E-state index in [9.17, 15) is 10.1 Å². The van der Waals surface area contributed by atoms with Crippen LogP contribution in [0.3, 0.4) is 0 Å². The van der Waals surface area contributed by atoms with Gasteiger partial charge in [-0.2, -0.15) is 0 Å². The Balaban J connectivity index is 0. The Morgan fingerprint density at radius 3 is 2.44 bits per heavy atom. The number of nitrogens with one attached hydrogen (secondary N) is 1. The van der Waals surface area contributed by atoms with Gasteiger partial charge in [-0.15, -0.1) is 12.4 Å². The molecule has 56 valence electrons. The Bertz CT molecular complexity index is 89.1. The van der Waals surface area contributed by atoms with Crippen LogP contribution in [0.1, 0.15) is 0 Å². The summed E-state index contributed by atoms with van der Waals surface area (Å²) in [6.07, 6.45) is -0.523. The molecule has 0 saturated carbocycles. The zero-order valence-electron chi connectivity index (χ0n) is 5.03. The molecule has 0 heterocycles. The smallest absolute Gasteiger partial charge is 0.231 e. The molecule has 6 heteroatoms. The molecule has 0 amide bonds. The molecule has 3 N–H and O–H groups in total. The van der Waals surface area contributed by atoms with Crippen LogP contribution in [0.2, 0.25) is 0 Å². The number of nitrogens with two attached hydrogens (primary N) is 1. The van der Waals surface area contributed by atoms with Crippen molar-refractivity contribution in [1.29, 1.82) is 0 Å². The molecule has 0 aromatic rings. The molecular formula is C3H10ClN3O2. The monoisotopic (exact) mass is 155 g/mol. The molecule has 5 nitrogen and oxygen atoms in total. The van der Waals surface area contributed by atoms with Gasteiger partial charge in [-0.25, -0.2) is 0 Å². The van der Waals surface area contributed by atoms with Gasteiger partial charge in [0, 0.05) is 4.92 Å². The summed E-state index contributed by atoms with van der Waals surface area (Å²) in [7, 11) is 1.58. The van der Waals surface area contributed by atoms with Crippen molar-refractivity contribution in [3.8, 4) is 0 Å². The standard InChI is InChI=1S/C3H9N3O2.ClH/c1-5-3(4)2-6(7)8;/h3,5H,2,4H2,1H3;1H. The molecule has 0 aliphatic rings. The molecule has 0 rings (SSSR count). The fraction of sp³-hybridized carbons (Fsp3) is 1.00. The third-order valence-corrected chi connectivity index (χ3v) is 0.717. The number of nitrogens with zero attached hydrogens (tertiary/aromatic N) is 1. The first-order valence-corrected chi connectivity index (χ1v) is 2.21. The lowest BCUT2D eigenvalue weighted by Crippen LogP contribution is -2.40. The van der Waals surface area contributed by atoms with Crippen molar-refractivity contribution >= 4 is 12.4 Å². The van der Waals surface area contributed by atoms with Gasteiger partial charge in [0.05, 0.1) is 0 Å². The van der Waals surface area contributed by atoms with Gasteiger partial charge in [-0.3, -0.25) is 15.4 Å². The van der Waals surface area contributed by atoms with Crippen LogP contribution in [0.5, 0.6) is 0 Å². The topological polar surface area (TPSA) is 81.2 Å². The normalized spacial score (nSPS) is 11.8. The predicted octanol–water partition coefficient (Wildman–Crippen LogP) is -0.811. The number of halogens is 1. The Morgan fingerprint density at radius 2 is 2.33 bits per heavy atom. The van der Waals surface area contributed by atoms with Crippen LogP contribution in [-0.2, 0) is 0 Å². The quantitative estimate of drug-likeness (QED) is 0.317. The summed E-state index contributed by atoms with van der Waals surface area (Å²) >= 11 is 0. The zero-order chi connectivity index (χ0) is 6.57. The summed E-state index contributed by atoms with van der Waals surface area (Å²) in [4.78, 5) is 9.20. The van der Waals surface area contributed by atoms with Crippen LogP contribution in [0.25, 0.3) is 0 Å². The predicted molar refractivity (Wildman–Crippen MR) is 36.1 cm³/mol. The molecule has 1 unspecified atom stereocenters. The minimum atomic E-state index is -0.523. The van der Waals surface area contributed by atoms with Crippen molar-refractivity contribution in [2.75, 3.05) is 13.6 Å². The Kier molecular flexibility index (Phi) is 7.28. The maximum Gasteiger partial charge on any atom is 0.231 e. The first-order chi connectivity index (χ1) is 3.66. The van der Waals surface area contributed by atoms with E-state index in [0.717, 1.165) is 0 Å². The molecule has 0 bridgehead atoms. The van der Waals surface area contributed by atoms with Gasteiger partial charge < -0.3 is 5.73 Å². The lowest BCUT2D eigenvalue weighted by Gasteiger charge is -2.01. The average Bonchev–Trinajstić information content (AvgIpc) is 1.65. The number of likely N-dealkylation sites (N-methyl/N-ethyl adjacent to an activating group) is 1. The summed E-state index contributed by atoms with van der Waals surface area (Å²) in [6, 6.07) is 0. The van der Waals surface area contributed by atoms with E-state index in [0.29, 0.717) is 0 Å². The minimum Gasteiger partial charge on any atom is -0.310 e. The van der Waals surface area contributed by atoms with E-state index in [1.54, 1.807) is 7.05 Å². The molecule has 0 aliphatic carbocycles. The maximum absolute atomic E-state index is 9.65. The van der Waals surface area contributed by atoms with Gasteiger partial charge in [-0.1, -0.05) is 0 Å². The van der Waals surface area contributed by atoms with Gasteiger partial charge in [0.25, 0.3) is 0 Å². The van der Waals surface area contributed by atoms with E-state index in [1.807, 2.05) is 0 Å². The minimum absolute atomic E-state index is 0. The second-order valence-corrected chi connectivity index (χ2v) is 1.41. The molecule has 0 spiro atoms. The van der Waals surface area contributed by atoms with Crippen molar-refractivity contribution in [3.63, 3.8) is 0 Å². The Hall–Kier alpha value is -0.390. The highest BCUT2D eigenvalue weighted by Gasteiger charge is 2.03. The number of hydrogen-bond donors (Lipinski definition) is 2. The number of nitro groups is 1. The second-order valence-electron chi connectivity index (χ2n) is 1.41. The zero-order valence-corrected chi connectivity index (χ0v) is 5.85. The van der Waals surface area contributed by atoms with E-state index in [-0.39, 0.29) is 19.0 Å². The molecule has 0 fully saturated rings. The first-order valence-electron chi connectivity index (χ1n) is 2.21. The highest BCUT2D eigenvalue weighted by atomic mass is 35.5. The van der Waals surface area contributed by atoms with Crippen molar-refractivity contribution < 1.29 is 4.92 Å². The van der Waals surface area contributed by atoms with Crippen LogP contribution in [0.4, 0.5) is 0 Å². The third-order valence-electron chi connectivity index (χ3n) is 0.717. The molecule has 0 aromatic heterocycles. The SMILES string of the molecule is CNC(N)C[N+](=O)[O-].Cl. The van der Waals surface area contributed by atoms with E-state index < -0.39 is 11.1 Å². The van der Waals surface area contributed by atoms with Crippen LogP contribution >= 0.6 is 12.4 Å². The fourth-order valence-corrected chi connectivity index (χ4v) is 0.252. The van der Waals surface area contributed by atoms with Gasteiger partial charge in [0.1, 0.15) is 6.17 Å². The maximum atomic E-state index is 9.65. The highest BCUT2D eigenvalue weighted by molar-refractivity contribution is 5.85. The van der Waals surface area contributed by atoms with E-state index in [4.69, 9.17) is 5.73 Å². The van der Waals surface area contributed by atoms with E-state index in [1.165, 1.54) is 0 Å². The number of rotatable bonds is 3. The summed E-state index contributed by atoms with van der Waals surface area (Å²) in [5.74, 6) is 0. The van der Waals surface area contributed by atoms with Gasteiger partial charge in [0.15, 0.2) is 0 Å². The molecule has 0 aromatic carbocycles. The highest BCUT2D eigenvalue weighted by Crippen LogP contribution is 1.69. The fourth-order valence-electron chi connectivity index (χ4n) is 0.252. The first kappa shape index (κ1) is 11.4. The molecule has 0 radical (unpaired) electrons. The summed E-state index contributed by atoms with van der Waals surface area (Å²) in [5, 5.41) is 12.2. The lowest BCUT2D eigenvalue weighted by atomic mass is 10.5. The van der Waals surface area contributed by atoms with Crippen LogP contribution in [0.15, 0.2) is 0 Å². The van der Waals surface area contributed by atoms with Crippen molar-refractivity contribution in [2.24, 2.45) is 5.73 Å². The average molecular weight is 156 g/mol. The third kappa shape index (κ3) is 7.61. The van der Waals surface area contributed by atoms with E-state index >= 15 is 0 Å². The van der Waals surface area contributed by atoms with Gasteiger partial charge in [0.2, 0.25) is 6.54 Å². The number of hydrogen-bond acceptors (Lipinski definition) is 4. The molecule has 1 atom stereocenters. The second kappa shape index (κ2) is 5.74. The van der Waals surface area contributed by atoms with Crippen molar-refractivity contribution in [2.45, 2.75) is 6.17 Å². The lowest BCUT2D eigenvalue weighted by molar-refractivity contribution is -0.483. The van der Waals surface area contributed by atoms with Gasteiger partial charge in [-0.05, 0) is 7.05 Å². The summed E-state index contributed by atoms with van der Waals surface area (Å²) < 4.78 is 0. The largest absolute Gasteiger partial charge is 0.310 e. The Morgan fingerprint density at radius 1 is 1.89 bits per heavy atom. The molecule has 9 heavy (non-hydrogen) atoms. The van der Waals surface area contributed by atoms with Crippen molar-refractivity contribution in [3.05, 3.63) is 10.1 Å². The van der Waals surface area contributed by atoms with Crippen LogP contribution < -0.4 is 11.1 Å². The summed E-state index contributed by atoms with van der Waals surface area (Å²) in [5.41, 5.74) is 5.12. The Labute approximate surface area is 59.2 Å². The van der Waals surface area contributed by atoms with Crippen LogP contribution in [-0.4, -0.2) is 24.7 Å². The van der Waals surface area contributed by atoms with Crippen molar-refractivity contribution in [1.82, 2.24) is 5.32 Å². The van der Waals surface area contributed by atoms with E-state index in [2.05, 4.69) is 5.32 Å². The molecular weight excluding hydrogens is 146 g/mol. The molecule has 0 aliphatic heterocycles. The van der Waals surface area contributed by atoms with Crippen LogP contribution in [0, 0.1) is 10.1 Å². The molecule has 0 saturated heterocycles.